The number of pyridine rings is 1. The normalized spacial score (nSPS) is 10.6. The first-order chi connectivity index (χ1) is 14.7. The molecule has 2 aromatic carbocycles. The molecule has 0 saturated heterocycles. The molecule has 3 aromatic rings. The molecule has 0 fully saturated rings. The van der Waals surface area contributed by atoms with E-state index in [-0.39, 0.29) is 17.6 Å². The summed E-state index contributed by atoms with van der Waals surface area (Å²) in [6, 6.07) is 14.8. The highest BCUT2D eigenvalue weighted by molar-refractivity contribution is 8.00. The molecule has 0 saturated carbocycles. The van der Waals surface area contributed by atoms with E-state index in [9.17, 15) is 9.59 Å². The molecule has 5 nitrogen and oxygen atoms in total. The molecule has 0 aliphatic rings. The Morgan fingerprint density at radius 3 is 2.39 bits per heavy atom. The van der Waals surface area contributed by atoms with Crippen molar-refractivity contribution in [2.45, 2.75) is 32.7 Å². The maximum Gasteiger partial charge on any atom is 0.258 e. The number of hydrogen-bond donors (Lipinski definition) is 2. The average Bonchev–Trinajstić information content (AvgIpc) is 2.68. The Kier molecular flexibility index (Phi) is 7.36. The van der Waals surface area contributed by atoms with Crippen molar-refractivity contribution >= 4 is 46.6 Å². The number of anilines is 2. The van der Waals surface area contributed by atoms with E-state index in [1.807, 2.05) is 64.1 Å². The van der Waals surface area contributed by atoms with Crippen LogP contribution in [0.3, 0.4) is 0 Å². The second-order valence-corrected chi connectivity index (χ2v) is 8.76. The summed E-state index contributed by atoms with van der Waals surface area (Å²) in [6.07, 6.45) is 0. The van der Waals surface area contributed by atoms with Crippen molar-refractivity contribution in [1.29, 1.82) is 0 Å². The number of benzene rings is 2. The molecule has 0 radical (unpaired) electrons. The van der Waals surface area contributed by atoms with Crippen LogP contribution in [0.15, 0.2) is 53.6 Å². The molecule has 0 aliphatic heterocycles. The monoisotopic (exact) mass is 453 g/mol. The van der Waals surface area contributed by atoms with Gasteiger partial charge in [-0.1, -0.05) is 41.6 Å². The number of carbonyl (C=O) groups is 2. The summed E-state index contributed by atoms with van der Waals surface area (Å²) in [5.41, 5.74) is 5.42. The van der Waals surface area contributed by atoms with Crippen LogP contribution in [0, 0.1) is 27.7 Å². The Labute approximate surface area is 191 Å². The molecule has 1 aromatic heterocycles. The van der Waals surface area contributed by atoms with E-state index >= 15 is 0 Å². The van der Waals surface area contributed by atoms with Gasteiger partial charge in [0.25, 0.3) is 5.91 Å². The fourth-order valence-electron chi connectivity index (χ4n) is 3.10. The summed E-state index contributed by atoms with van der Waals surface area (Å²) < 4.78 is 0. The topological polar surface area (TPSA) is 71.1 Å². The van der Waals surface area contributed by atoms with Gasteiger partial charge in [0, 0.05) is 22.1 Å². The highest BCUT2D eigenvalue weighted by Gasteiger charge is 2.19. The second kappa shape index (κ2) is 9.98. The molecule has 3 rings (SSSR count). The van der Waals surface area contributed by atoms with E-state index in [4.69, 9.17) is 11.6 Å². The lowest BCUT2D eigenvalue weighted by Gasteiger charge is -2.13. The Bertz CT molecular complexity index is 1150. The van der Waals surface area contributed by atoms with Crippen LogP contribution in [-0.4, -0.2) is 22.6 Å². The van der Waals surface area contributed by atoms with Gasteiger partial charge >= 0.3 is 0 Å². The Balaban J connectivity index is 1.75. The highest BCUT2D eigenvalue weighted by Crippen LogP contribution is 2.26. The van der Waals surface area contributed by atoms with Crippen LogP contribution in [0.1, 0.15) is 32.7 Å². The van der Waals surface area contributed by atoms with Crippen molar-refractivity contribution in [3.63, 3.8) is 0 Å². The maximum absolute atomic E-state index is 13.0. The third-order valence-corrected chi connectivity index (χ3v) is 5.99. The van der Waals surface area contributed by atoms with Crippen molar-refractivity contribution < 1.29 is 9.59 Å². The summed E-state index contributed by atoms with van der Waals surface area (Å²) in [6.45, 7) is 7.61. The molecule has 2 N–H and O–H groups in total. The first kappa shape index (κ1) is 22.8. The van der Waals surface area contributed by atoms with Gasteiger partial charge in [-0.3, -0.25) is 9.59 Å². The zero-order valence-corrected chi connectivity index (χ0v) is 19.4. The lowest BCUT2D eigenvalue weighted by molar-refractivity contribution is -0.113. The Morgan fingerprint density at radius 2 is 1.68 bits per heavy atom. The molecular formula is C24H24ClN3O2S. The van der Waals surface area contributed by atoms with Crippen LogP contribution < -0.4 is 10.6 Å². The van der Waals surface area contributed by atoms with Crippen LogP contribution in [0.25, 0.3) is 0 Å². The molecule has 7 heteroatoms. The predicted octanol–water partition coefficient (Wildman–Crippen LogP) is 5.95. The average molecular weight is 454 g/mol. The zero-order chi connectivity index (χ0) is 22.5. The van der Waals surface area contributed by atoms with Gasteiger partial charge < -0.3 is 10.6 Å². The number of thioether (sulfide) groups is 1. The Hall–Kier alpha value is -2.83. The molecule has 0 spiro atoms. The van der Waals surface area contributed by atoms with Crippen LogP contribution in [0.5, 0.6) is 0 Å². The molecule has 31 heavy (non-hydrogen) atoms. The summed E-state index contributed by atoms with van der Waals surface area (Å²) in [7, 11) is 0. The quantitative estimate of drug-likeness (QED) is 0.452. The first-order valence-electron chi connectivity index (χ1n) is 9.78. The fraction of sp³-hybridized carbons (Fsp3) is 0.208. The summed E-state index contributed by atoms with van der Waals surface area (Å²) in [5.74, 6) is -0.328. The van der Waals surface area contributed by atoms with E-state index in [2.05, 4.69) is 15.6 Å². The minimum atomic E-state index is -0.246. The van der Waals surface area contributed by atoms with E-state index in [0.29, 0.717) is 21.3 Å². The molecular weight excluding hydrogens is 430 g/mol. The van der Waals surface area contributed by atoms with Gasteiger partial charge in [-0.05, 0) is 74.7 Å². The predicted molar refractivity (Wildman–Crippen MR) is 128 cm³/mol. The summed E-state index contributed by atoms with van der Waals surface area (Å²) >= 11 is 7.36. The number of hydrogen-bond acceptors (Lipinski definition) is 4. The van der Waals surface area contributed by atoms with Crippen LogP contribution in [0.4, 0.5) is 11.4 Å². The van der Waals surface area contributed by atoms with Crippen molar-refractivity contribution in [3.05, 3.63) is 81.5 Å². The van der Waals surface area contributed by atoms with Crippen molar-refractivity contribution in [2.24, 2.45) is 0 Å². The van der Waals surface area contributed by atoms with Crippen LogP contribution in [-0.2, 0) is 4.79 Å². The zero-order valence-electron chi connectivity index (χ0n) is 17.9. The van der Waals surface area contributed by atoms with E-state index in [1.165, 1.54) is 11.8 Å². The fourth-order valence-corrected chi connectivity index (χ4v) is 4.23. The van der Waals surface area contributed by atoms with E-state index < -0.39 is 0 Å². The number of rotatable bonds is 6. The number of carbonyl (C=O) groups excluding carboxylic acids is 2. The number of aryl methyl sites for hydroxylation is 4. The van der Waals surface area contributed by atoms with Crippen molar-refractivity contribution in [2.75, 3.05) is 16.4 Å². The Morgan fingerprint density at radius 1 is 0.935 bits per heavy atom. The molecule has 2 amide bonds. The summed E-state index contributed by atoms with van der Waals surface area (Å²) in [5, 5.41) is 6.88. The number of nitrogens with one attached hydrogen (secondary N) is 2. The molecule has 1 heterocycles. The largest absolute Gasteiger partial charge is 0.325 e. The number of aromatic nitrogens is 1. The van der Waals surface area contributed by atoms with Gasteiger partial charge in [-0.15, -0.1) is 0 Å². The minimum Gasteiger partial charge on any atom is -0.325 e. The van der Waals surface area contributed by atoms with Gasteiger partial charge in [0.15, 0.2) is 0 Å². The molecule has 160 valence electrons. The minimum absolute atomic E-state index is 0.117. The molecule has 0 atom stereocenters. The second-order valence-electron chi connectivity index (χ2n) is 7.39. The third-order valence-electron chi connectivity index (χ3n) is 4.61. The maximum atomic E-state index is 13.0. The van der Waals surface area contributed by atoms with Crippen LogP contribution >= 0.6 is 23.4 Å². The number of nitrogens with zero attached hydrogens (tertiary/aromatic N) is 1. The van der Waals surface area contributed by atoms with E-state index in [0.717, 1.165) is 28.1 Å². The van der Waals surface area contributed by atoms with E-state index in [1.54, 1.807) is 12.1 Å². The first-order valence-corrected chi connectivity index (χ1v) is 11.1. The van der Waals surface area contributed by atoms with Gasteiger partial charge in [-0.25, -0.2) is 4.98 Å². The number of amides is 2. The third kappa shape index (κ3) is 6.09. The highest BCUT2D eigenvalue weighted by atomic mass is 35.5. The standard InChI is InChI=1S/C24H24ClN3O2S/c1-14-6-5-7-18(10-14)28-23(30)22-16(3)11-17(4)26-24(22)31-13-21(29)27-19-9-8-15(2)20(25)12-19/h5-12H,13H2,1-4H3,(H,27,29)(H,28,30). The smallest absolute Gasteiger partial charge is 0.258 e. The van der Waals surface area contributed by atoms with Gasteiger partial charge in [-0.2, -0.15) is 0 Å². The summed E-state index contributed by atoms with van der Waals surface area (Å²) in [4.78, 5) is 30.0. The SMILES string of the molecule is Cc1cccc(NC(=O)c2c(C)cc(C)nc2SCC(=O)Nc2ccc(C)c(Cl)c2)c1. The van der Waals surface area contributed by atoms with Crippen molar-refractivity contribution in [3.8, 4) is 0 Å². The van der Waals surface area contributed by atoms with Gasteiger partial charge in [0.05, 0.1) is 11.3 Å². The molecule has 0 aliphatic carbocycles. The van der Waals surface area contributed by atoms with Gasteiger partial charge in [0.2, 0.25) is 5.91 Å². The lowest BCUT2D eigenvalue weighted by atomic mass is 10.1. The lowest BCUT2D eigenvalue weighted by Crippen LogP contribution is -2.18. The van der Waals surface area contributed by atoms with Crippen LogP contribution in [0.2, 0.25) is 5.02 Å². The molecule has 0 bridgehead atoms. The van der Waals surface area contributed by atoms with Gasteiger partial charge in [0.1, 0.15) is 5.03 Å². The number of halogens is 1. The van der Waals surface area contributed by atoms with Crippen molar-refractivity contribution in [1.82, 2.24) is 4.98 Å². The molecule has 0 unspecified atom stereocenters.